The Morgan fingerprint density at radius 2 is 2.15 bits per heavy atom. The van der Waals surface area contributed by atoms with E-state index in [0.717, 1.165) is 4.47 Å². The van der Waals surface area contributed by atoms with Crippen molar-refractivity contribution >= 4 is 27.7 Å². The molecule has 20 heavy (non-hydrogen) atoms. The fraction of sp³-hybridized carbons (Fsp3) is 0.154. The van der Waals surface area contributed by atoms with E-state index in [1.54, 1.807) is 31.5 Å². The minimum Gasteiger partial charge on any atom is -0.380 e. The summed E-state index contributed by atoms with van der Waals surface area (Å²) in [4.78, 5) is 16.7. The summed E-state index contributed by atoms with van der Waals surface area (Å²) in [5.41, 5.74) is 6.42. The molecule has 1 atom stereocenters. The van der Waals surface area contributed by atoms with Gasteiger partial charge in [-0.25, -0.2) is 4.79 Å². The van der Waals surface area contributed by atoms with Crippen molar-refractivity contribution in [3.8, 4) is 0 Å². The van der Waals surface area contributed by atoms with Gasteiger partial charge in [0.1, 0.15) is 6.04 Å². The van der Waals surface area contributed by atoms with Crippen LogP contribution in [0.25, 0.3) is 0 Å². The molecule has 0 saturated heterocycles. The second kappa shape index (κ2) is 6.33. The van der Waals surface area contributed by atoms with E-state index in [4.69, 9.17) is 10.6 Å². The van der Waals surface area contributed by atoms with Gasteiger partial charge in [-0.3, -0.25) is 4.68 Å². The molecule has 7 heteroatoms. The minimum absolute atomic E-state index is 0.146. The molecule has 1 heterocycles. The Labute approximate surface area is 124 Å². The van der Waals surface area contributed by atoms with E-state index >= 15 is 0 Å². The number of hydrogen-bond acceptors (Lipinski definition) is 4. The monoisotopic (exact) mass is 336 g/mol. The molecule has 2 aromatic rings. The van der Waals surface area contributed by atoms with Crippen molar-refractivity contribution in [3.05, 3.63) is 52.8 Å². The molecule has 0 saturated carbocycles. The van der Waals surface area contributed by atoms with Gasteiger partial charge in [0, 0.05) is 11.8 Å². The predicted octanol–water partition coefficient (Wildman–Crippen LogP) is 2.07. The summed E-state index contributed by atoms with van der Waals surface area (Å²) in [6, 6.07) is 8.47. The molecule has 104 valence electrons. The summed E-state index contributed by atoms with van der Waals surface area (Å²) in [6.45, 7) is 1.66. The third-order valence-corrected chi connectivity index (χ3v) is 3.02. The molecule has 0 spiro atoms. The fourth-order valence-corrected chi connectivity index (χ4v) is 1.77. The van der Waals surface area contributed by atoms with E-state index in [9.17, 15) is 4.79 Å². The van der Waals surface area contributed by atoms with Crippen molar-refractivity contribution in [2.75, 3.05) is 0 Å². The summed E-state index contributed by atoms with van der Waals surface area (Å²) in [5, 5.41) is 7.65. The molecule has 2 N–H and O–H groups in total. The molecule has 0 aliphatic heterocycles. The zero-order valence-electron chi connectivity index (χ0n) is 10.7. The molecular formula is C13H13BrN4O2. The van der Waals surface area contributed by atoms with Gasteiger partial charge in [0.05, 0.1) is 10.7 Å². The highest BCUT2D eigenvalue weighted by atomic mass is 79.9. The SMILES string of the molecule is CC(C(=O)O/N=C(\N)c1ccccc1)n1cc(Br)cn1. The first kappa shape index (κ1) is 14.3. The number of halogens is 1. The van der Waals surface area contributed by atoms with E-state index in [1.807, 2.05) is 18.2 Å². The van der Waals surface area contributed by atoms with Crippen molar-refractivity contribution in [1.82, 2.24) is 9.78 Å². The number of aromatic nitrogens is 2. The number of oxime groups is 1. The first-order chi connectivity index (χ1) is 9.58. The van der Waals surface area contributed by atoms with Crippen LogP contribution < -0.4 is 5.73 Å². The lowest BCUT2D eigenvalue weighted by molar-refractivity contribution is -0.147. The van der Waals surface area contributed by atoms with Crippen LogP contribution in [-0.4, -0.2) is 21.6 Å². The molecule has 6 nitrogen and oxygen atoms in total. The standard InChI is InChI=1S/C13H13BrN4O2/c1-9(18-8-11(14)7-16-18)13(19)20-17-12(15)10-5-3-2-4-6-10/h2-9H,1H3,(H2,15,17). The summed E-state index contributed by atoms with van der Waals surface area (Å²) in [6.07, 6.45) is 3.27. The second-order valence-electron chi connectivity index (χ2n) is 4.07. The highest BCUT2D eigenvalue weighted by Crippen LogP contribution is 2.12. The minimum atomic E-state index is -0.589. The van der Waals surface area contributed by atoms with Gasteiger partial charge in [0.25, 0.3) is 0 Å². The van der Waals surface area contributed by atoms with E-state index in [-0.39, 0.29) is 5.84 Å². The van der Waals surface area contributed by atoms with Gasteiger partial charge < -0.3 is 10.6 Å². The van der Waals surface area contributed by atoms with Crippen molar-refractivity contribution in [3.63, 3.8) is 0 Å². The van der Waals surface area contributed by atoms with Crippen LogP contribution in [0.5, 0.6) is 0 Å². The third kappa shape index (κ3) is 3.45. The third-order valence-electron chi connectivity index (χ3n) is 2.61. The van der Waals surface area contributed by atoms with Crippen LogP contribution in [0.4, 0.5) is 0 Å². The first-order valence-corrected chi connectivity index (χ1v) is 6.66. The number of nitrogens with zero attached hydrogens (tertiary/aromatic N) is 3. The quantitative estimate of drug-likeness (QED) is 0.401. The second-order valence-corrected chi connectivity index (χ2v) is 4.98. The van der Waals surface area contributed by atoms with Crippen LogP contribution >= 0.6 is 15.9 Å². The van der Waals surface area contributed by atoms with Crippen molar-refractivity contribution < 1.29 is 9.63 Å². The average Bonchev–Trinajstić information content (AvgIpc) is 2.91. The number of rotatable bonds is 4. The predicted molar refractivity (Wildman–Crippen MR) is 77.9 cm³/mol. The van der Waals surface area contributed by atoms with Crippen molar-refractivity contribution in [1.29, 1.82) is 0 Å². The molecule has 0 aliphatic rings. The number of carbonyl (C=O) groups excluding carboxylic acids is 1. The molecule has 0 fully saturated rings. The Balaban J connectivity index is 2.01. The normalized spacial score (nSPS) is 13.0. The largest absolute Gasteiger partial charge is 0.380 e. The molecule has 0 amide bonds. The Morgan fingerprint density at radius 1 is 1.45 bits per heavy atom. The van der Waals surface area contributed by atoms with E-state index in [0.29, 0.717) is 5.56 Å². The van der Waals surface area contributed by atoms with E-state index in [2.05, 4.69) is 26.2 Å². The molecule has 1 aromatic carbocycles. The zero-order valence-corrected chi connectivity index (χ0v) is 12.3. The summed E-state index contributed by atoms with van der Waals surface area (Å²) in [7, 11) is 0. The lowest BCUT2D eigenvalue weighted by atomic mass is 10.2. The number of nitrogens with two attached hydrogens (primary N) is 1. The van der Waals surface area contributed by atoms with Crippen LogP contribution in [0.3, 0.4) is 0 Å². The Morgan fingerprint density at radius 3 is 2.75 bits per heavy atom. The van der Waals surface area contributed by atoms with Crippen LogP contribution in [0.15, 0.2) is 52.4 Å². The maximum absolute atomic E-state index is 11.8. The summed E-state index contributed by atoms with van der Waals surface area (Å²) >= 11 is 3.26. The number of hydrogen-bond donors (Lipinski definition) is 1. The van der Waals surface area contributed by atoms with E-state index in [1.165, 1.54) is 4.68 Å². The maximum Gasteiger partial charge on any atom is 0.359 e. The molecule has 1 unspecified atom stereocenters. The molecule has 2 rings (SSSR count). The Hall–Kier alpha value is -2.15. The molecule has 0 bridgehead atoms. The lowest BCUT2D eigenvalue weighted by Crippen LogP contribution is -2.20. The van der Waals surface area contributed by atoms with Gasteiger partial charge in [0.2, 0.25) is 0 Å². The fourth-order valence-electron chi connectivity index (χ4n) is 1.47. The number of amidine groups is 1. The van der Waals surface area contributed by atoms with Gasteiger partial charge in [0.15, 0.2) is 5.84 Å². The number of benzene rings is 1. The highest BCUT2D eigenvalue weighted by molar-refractivity contribution is 9.10. The van der Waals surface area contributed by atoms with Gasteiger partial charge >= 0.3 is 5.97 Å². The molecule has 0 radical (unpaired) electrons. The highest BCUT2D eigenvalue weighted by Gasteiger charge is 2.18. The van der Waals surface area contributed by atoms with Gasteiger partial charge in [-0.05, 0) is 22.9 Å². The molecular weight excluding hydrogens is 324 g/mol. The zero-order chi connectivity index (χ0) is 14.5. The van der Waals surface area contributed by atoms with Gasteiger partial charge in [-0.15, -0.1) is 0 Å². The van der Waals surface area contributed by atoms with Gasteiger partial charge in [-0.1, -0.05) is 35.5 Å². The van der Waals surface area contributed by atoms with Crippen molar-refractivity contribution in [2.24, 2.45) is 10.9 Å². The lowest BCUT2D eigenvalue weighted by Gasteiger charge is -2.08. The Bertz CT molecular complexity index is 624. The molecule has 1 aromatic heterocycles. The Kier molecular flexibility index (Phi) is 4.52. The molecule has 0 aliphatic carbocycles. The topological polar surface area (TPSA) is 82.5 Å². The maximum atomic E-state index is 11.8. The van der Waals surface area contributed by atoms with Crippen molar-refractivity contribution in [2.45, 2.75) is 13.0 Å². The summed E-state index contributed by atoms with van der Waals surface area (Å²) in [5.74, 6) is -0.396. The van der Waals surface area contributed by atoms with Crippen LogP contribution in [0.1, 0.15) is 18.5 Å². The van der Waals surface area contributed by atoms with E-state index < -0.39 is 12.0 Å². The van der Waals surface area contributed by atoms with Crippen LogP contribution in [0.2, 0.25) is 0 Å². The number of carbonyl (C=O) groups is 1. The van der Waals surface area contributed by atoms with Crippen LogP contribution in [-0.2, 0) is 9.63 Å². The van der Waals surface area contributed by atoms with Gasteiger partial charge in [-0.2, -0.15) is 5.10 Å². The smallest absolute Gasteiger partial charge is 0.359 e. The first-order valence-electron chi connectivity index (χ1n) is 5.87. The summed E-state index contributed by atoms with van der Waals surface area (Å²) < 4.78 is 2.25. The van der Waals surface area contributed by atoms with Crippen LogP contribution in [0, 0.1) is 0 Å². The average molecular weight is 337 g/mol.